The van der Waals surface area contributed by atoms with E-state index >= 15 is 0 Å². The Labute approximate surface area is 134 Å². The van der Waals surface area contributed by atoms with Gasteiger partial charge in [-0.05, 0) is 11.6 Å². The molecule has 0 bridgehead atoms. The molecule has 1 aliphatic heterocycles. The largest absolute Gasteiger partial charge is 0.377 e. The molecule has 8 heteroatoms. The summed E-state index contributed by atoms with van der Waals surface area (Å²) in [5.74, 6) is 0.504. The maximum Gasteiger partial charge on any atom is 0.237 e. The second kappa shape index (κ2) is 7.94. The molecule has 0 spiro atoms. The number of anilines is 1. The molecule has 2 heterocycles. The second-order valence-corrected chi connectivity index (χ2v) is 5.23. The van der Waals surface area contributed by atoms with Crippen molar-refractivity contribution in [1.29, 1.82) is 5.26 Å². The number of aliphatic hydroxyl groups excluding tert-OH is 1. The van der Waals surface area contributed by atoms with Crippen molar-refractivity contribution in [3.63, 3.8) is 0 Å². The number of alkyl halides is 1. The average Bonchev–Trinajstić information content (AvgIpc) is 2.55. The van der Waals surface area contributed by atoms with Crippen molar-refractivity contribution in [3.05, 3.63) is 23.4 Å². The first-order valence-electron chi connectivity index (χ1n) is 6.97. The predicted octanol–water partition coefficient (Wildman–Crippen LogP) is 0.198. The van der Waals surface area contributed by atoms with Gasteiger partial charge >= 0.3 is 0 Å². The van der Waals surface area contributed by atoms with Gasteiger partial charge in [-0.25, -0.2) is 4.98 Å². The number of nitrogens with zero attached hydrogens (tertiary/aromatic N) is 4. The van der Waals surface area contributed by atoms with Gasteiger partial charge in [-0.15, -0.1) is 11.6 Å². The molecular weight excluding hydrogens is 306 g/mol. The number of piperazine rings is 1. The summed E-state index contributed by atoms with van der Waals surface area (Å²) in [5.41, 5.74) is 1.37. The summed E-state index contributed by atoms with van der Waals surface area (Å²) in [4.78, 5) is 19.5. The summed E-state index contributed by atoms with van der Waals surface area (Å²) in [6.45, 7) is 3.14. The van der Waals surface area contributed by atoms with Crippen molar-refractivity contribution < 1.29 is 9.90 Å². The number of nitrogens with one attached hydrogen (secondary N) is 1. The van der Waals surface area contributed by atoms with Crippen LogP contribution in [0.25, 0.3) is 0 Å². The van der Waals surface area contributed by atoms with Gasteiger partial charge in [-0.1, -0.05) is 0 Å². The maximum absolute atomic E-state index is 11.5. The topological polar surface area (TPSA) is 92.5 Å². The molecular formula is C14H18ClN5O2. The summed E-state index contributed by atoms with van der Waals surface area (Å²) in [6, 6.07) is 3.90. The number of nitriles is 1. The van der Waals surface area contributed by atoms with Gasteiger partial charge in [0.05, 0.1) is 5.56 Å². The Morgan fingerprint density at radius 1 is 1.45 bits per heavy atom. The van der Waals surface area contributed by atoms with Crippen molar-refractivity contribution in [2.24, 2.45) is 0 Å². The number of hydrogen-bond acceptors (Lipinski definition) is 6. The van der Waals surface area contributed by atoms with Crippen molar-refractivity contribution in [2.75, 3.05) is 44.1 Å². The molecule has 0 radical (unpaired) electrons. The summed E-state index contributed by atoms with van der Waals surface area (Å²) in [7, 11) is 0. The maximum atomic E-state index is 11.5. The number of pyridine rings is 1. The number of hydrogen-bond donors (Lipinski definition) is 2. The molecule has 2 N–H and O–H groups in total. The average molecular weight is 324 g/mol. The fraction of sp³-hybridized carbons (Fsp3) is 0.500. The van der Waals surface area contributed by atoms with E-state index in [0.717, 1.165) is 18.7 Å². The van der Waals surface area contributed by atoms with Gasteiger partial charge in [0, 0.05) is 38.9 Å². The number of carbonyl (C=O) groups excluding carboxylic acids is 1. The third kappa shape index (κ3) is 4.07. The van der Waals surface area contributed by atoms with E-state index in [1.807, 2.05) is 0 Å². The molecule has 0 unspecified atom stereocenters. The van der Waals surface area contributed by atoms with E-state index in [-0.39, 0.29) is 18.5 Å². The Hall–Kier alpha value is -1.88. The number of halogens is 1. The number of carbonyl (C=O) groups is 1. The Kier molecular flexibility index (Phi) is 5.95. The molecule has 1 aromatic heterocycles. The second-order valence-electron chi connectivity index (χ2n) is 4.96. The Morgan fingerprint density at radius 2 is 2.18 bits per heavy atom. The predicted molar refractivity (Wildman–Crippen MR) is 82.2 cm³/mol. The molecule has 1 amide bonds. The summed E-state index contributed by atoms with van der Waals surface area (Å²) in [6.07, 6.45) is 1.50. The van der Waals surface area contributed by atoms with Gasteiger partial charge in [0.2, 0.25) is 5.91 Å². The zero-order chi connectivity index (χ0) is 15.9. The summed E-state index contributed by atoms with van der Waals surface area (Å²) in [5, 5.41) is 20.8. The van der Waals surface area contributed by atoms with Crippen LogP contribution in [0.5, 0.6) is 0 Å². The molecule has 22 heavy (non-hydrogen) atoms. The van der Waals surface area contributed by atoms with Crippen LogP contribution < -0.4 is 5.32 Å². The van der Waals surface area contributed by atoms with E-state index in [4.69, 9.17) is 22.0 Å². The van der Waals surface area contributed by atoms with Crippen molar-refractivity contribution in [1.82, 2.24) is 14.8 Å². The van der Waals surface area contributed by atoms with E-state index < -0.39 is 0 Å². The normalized spacial score (nSPS) is 15.4. The standard InChI is InChI=1S/C14H18ClN5O2/c15-6-14(22)20-3-1-19(2-4-20)9-11-5-13(18-10-21)17-8-12(11)7-16/h5,8,21H,1-4,6,9-10H2,(H,17,18). The molecule has 1 saturated heterocycles. The smallest absolute Gasteiger partial charge is 0.237 e. The first kappa shape index (κ1) is 16.5. The SMILES string of the molecule is N#Cc1cnc(NCO)cc1CN1CCN(C(=O)CCl)CC1. The fourth-order valence-electron chi connectivity index (χ4n) is 2.39. The molecule has 0 aliphatic carbocycles. The highest BCUT2D eigenvalue weighted by molar-refractivity contribution is 6.27. The number of rotatable bonds is 5. The van der Waals surface area contributed by atoms with Gasteiger partial charge in [0.1, 0.15) is 24.5 Å². The number of aromatic nitrogens is 1. The lowest BCUT2D eigenvalue weighted by molar-refractivity contribution is -0.130. The molecule has 2 rings (SSSR count). The minimum Gasteiger partial charge on any atom is -0.377 e. The zero-order valence-corrected chi connectivity index (χ0v) is 12.9. The van der Waals surface area contributed by atoms with Gasteiger partial charge in [-0.3, -0.25) is 9.69 Å². The van der Waals surface area contributed by atoms with Crippen molar-refractivity contribution in [2.45, 2.75) is 6.54 Å². The lowest BCUT2D eigenvalue weighted by atomic mass is 10.1. The quantitative estimate of drug-likeness (QED) is 0.594. The van der Waals surface area contributed by atoms with Gasteiger partial charge < -0.3 is 15.3 Å². The van der Waals surface area contributed by atoms with Crippen LogP contribution >= 0.6 is 11.6 Å². The van der Waals surface area contributed by atoms with Crippen molar-refractivity contribution >= 4 is 23.3 Å². The van der Waals surface area contributed by atoms with Gasteiger partial charge in [0.15, 0.2) is 0 Å². The Morgan fingerprint density at radius 3 is 2.77 bits per heavy atom. The molecule has 7 nitrogen and oxygen atoms in total. The molecule has 1 aliphatic rings. The molecule has 1 fully saturated rings. The third-order valence-corrected chi connectivity index (χ3v) is 3.83. The van der Waals surface area contributed by atoms with Crippen LogP contribution in [0.1, 0.15) is 11.1 Å². The zero-order valence-electron chi connectivity index (χ0n) is 12.1. The van der Waals surface area contributed by atoms with E-state index in [1.165, 1.54) is 6.20 Å². The van der Waals surface area contributed by atoms with Crippen LogP contribution in [0, 0.1) is 11.3 Å². The van der Waals surface area contributed by atoms with Crippen LogP contribution in [0.15, 0.2) is 12.3 Å². The lowest BCUT2D eigenvalue weighted by Crippen LogP contribution is -2.48. The van der Waals surface area contributed by atoms with Crippen LogP contribution in [-0.2, 0) is 11.3 Å². The third-order valence-electron chi connectivity index (χ3n) is 3.60. The summed E-state index contributed by atoms with van der Waals surface area (Å²) < 4.78 is 0. The molecule has 0 saturated carbocycles. The first-order chi connectivity index (χ1) is 10.7. The Balaban J connectivity index is 2.01. The van der Waals surface area contributed by atoms with Gasteiger partial charge in [-0.2, -0.15) is 5.26 Å². The Bertz CT molecular complexity index is 567. The van der Waals surface area contributed by atoms with Crippen LogP contribution in [0.2, 0.25) is 0 Å². The molecule has 0 atom stereocenters. The first-order valence-corrected chi connectivity index (χ1v) is 7.51. The van der Waals surface area contributed by atoms with E-state index in [1.54, 1.807) is 11.0 Å². The molecule has 118 valence electrons. The fourth-order valence-corrected chi connectivity index (χ4v) is 2.56. The van der Waals surface area contributed by atoms with Crippen molar-refractivity contribution in [3.8, 4) is 6.07 Å². The van der Waals surface area contributed by atoms with Crippen LogP contribution in [0.4, 0.5) is 5.82 Å². The van der Waals surface area contributed by atoms with Crippen LogP contribution in [0.3, 0.4) is 0 Å². The van der Waals surface area contributed by atoms with E-state index in [9.17, 15) is 4.79 Å². The van der Waals surface area contributed by atoms with E-state index in [0.29, 0.717) is 31.0 Å². The highest BCUT2D eigenvalue weighted by Crippen LogP contribution is 2.16. The minimum absolute atomic E-state index is 0.0130. The number of aliphatic hydroxyl groups is 1. The molecule has 1 aromatic rings. The van der Waals surface area contributed by atoms with E-state index in [2.05, 4.69) is 21.3 Å². The number of amides is 1. The van der Waals surface area contributed by atoms with Gasteiger partial charge in [0.25, 0.3) is 0 Å². The summed E-state index contributed by atoms with van der Waals surface area (Å²) >= 11 is 5.56. The lowest BCUT2D eigenvalue weighted by Gasteiger charge is -2.34. The van der Waals surface area contributed by atoms with Crippen LogP contribution in [-0.4, -0.2) is 64.6 Å². The highest BCUT2D eigenvalue weighted by atomic mass is 35.5. The monoisotopic (exact) mass is 323 g/mol. The molecule has 0 aromatic carbocycles. The highest BCUT2D eigenvalue weighted by Gasteiger charge is 2.21. The minimum atomic E-state index is -0.211.